The highest BCUT2D eigenvalue weighted by atomic mass is 19.1. The molecule has 1 saturated heterocycles. The van der Waals surface area contributed by atoms with Crippen molar-refractivity contribution in [3.05, 3.63) is 54.4 Å². The molecule has 0 bridgehead atoms. The van der Waals surface area contributed by atoms with Crippen molar-refractivity contribution in [1.82, 2.24) is 20.2 Å². The van der Waals surface area contributed by atoms with Crippen molar-refractivity contribution in [1.29, 1.82) is 0 Å². The Hall–Kier alpha value is -3.34. The van der Waals surface area contributed by atoms with Crippen LogP contribution in [0.1, 0.15) is 18.1 Å². The Bertz CT molecular complexity index is 1210. The average molecular weight is 482 g/mol. The van der Waals surface area contributed by atoms with E-state index in [9.17, 15) is 9.90 Å². The Morgan fingerprint density at radius 1 is 1.31 bits per heavy atom. The van der Waals surface area contributed by atoms with E-state index in [1.165, 1.54) is 0 Å². The Balaban J connectivity index is 1.16. The van der Waals surface area contributed by atoms with Crippen LogP contribution in [-0.2, 0) is 4.79 Å². The number of β-amino-alcohol motifs (C(OH)–C–C–N with tert-alkyl or cyclic N) is 1. The summed E-state index contributed by atoms with van der Waals surface area (Å²) in [6.07, 6.45) is 1.09. The zero-order valence-electron chi connectivity index (χ0n) is 19.4. The van der Waals surface area contributed by atoms with Gasteiger partial charge in [-0.25, -0.2) is 9.37 Å². The fourth-order valence-corrected chi connectivity index (χ4v) is 4.65. The van der Waals surface area contributed by atoms with Gasteiger partial charge in [-0.1, -0.05) is 0 Å². The van der Waals surface area contributed by atoms with E-state index in [2.05, 4.69) is 20.6 Å². The lowest BCUT2D eigenvalue weighted by Gasteiger charge is -2.37. The number of likely N-dealkylation sites (tertiary alicyclic amines) is 1. The highest BCUT2D eigenvalue weighted by Gasteiger charge is 2.33. The zero-order chi connectivity index (χ0) is 24.4. The molecule has 0 saturated carbocycles. The van der Waals surface area contributed by atoms with E-state index in [4.69, 9.17) is 9.47 Å². The lowest BCUT2D eigenvalue weighted by Crippen LogP contribution is -2.54. The molecule has 1 fully saturated rings. The minimum absolute atomic E-state index is 0.186. The molecule has 3 aromatic rings. The fraction of sp³-hybridized carbons (Fsp3) is 0.400. The number of nitrogens with one attached hydrogen (secondary N) is 2. The van der Waals surface area contributed by atoms with Crippen molar-refractivity contribution >= 4 is 22.6 Å². The summed E-state index contributed by atoms with van der Waals surface area (Å²) < 4.78 is 26.1. The first kappa shape index (κ1) is 23.4. The Labute approximate surface area is 202 Å². The van der Waals surface area contributed by atoms with Crippen LogP contribution in [-0.4, -0.2) is 77.5 Å². The maximum Gasteiger partial charge on any atom is 0.268 e. The molecule has 5 rings (SSSR count). The first-order valence-corrected chi connectivity index (χ1v) is 11.6. The summed E-state index contributed by atoms with van der Waals surface area (Å²) in [5, 5.41) is 17.6. The van der Waals surface area contributed by atoms with Crippen molar-refractivity contribution in [2.45, 2.75) is 30.8 Å². The van der Waals surface area contributed by atoms with Crippen molar-refractivity contribution in [2.24, 2.45) is 0 Å². The number of aliphatic hydroxyl groups excluding tert-OH is 1. The van der Waals surface area contributed by atoms with Gasteiger partial charge in [0.15, 0.2) is 17.7 Å². The van der Waals surface area contributed by atoms with Crippen molar-refractivity contribution in [3.8, 4) is 11.5 Å². The van der Waals surface area contributed by atoms with Gasteiger partial charge in [-0.2, -0.15) is 0 Å². The maximum absolute atomic E-state index is 15.0. The number of aromatic nitrogens is 2. The van der Waals surface area contributed by atoms with Crippen LogP contribution in [0, 0.1) is 0 Å². The molecule has 0 aliphatic carbocycles. The largest absolute Gasteiger partial charge is 0.497 e. The molecule has 3 N–H and O–H groups in total. The number of fused-ring (bicyclic) bond motifs is 2. The SMILES string of the molecule is COc1ccc2nccc([C@@H](O)CN3CC[C@H](NCC4Oc5cccnc5NC4=O)[C@H](F)C3)c2c1. The third-order valence-electron chi connectivity index (χ3n) is 6.54. The van der Waals surface area contributed by atoms with Gasteiger partial charge >= 0.3 is 0 Å². The molecular weight excluding hydrogens is 453 g/mol. The monoisotopic (exact) mass is 481 g/mol. The topological polar surface area (TPSA) is 109 Å². The zero-order valence-corrected chi connectivity index (χ0v) is 19.4. The maximum atomic E-state index is 15.0. The third kappa shape index (κ3) is 5.04. The standard InChI is InChI=1S/C25H28FN5O4/c1-34-15-4-5-19-17(11-15)16(6-9-27-19)21(32)14-31-10-7-20(18(26)13-31)29-12-23-25(33)30-24-22(35-23)3-2-8-28-24/h2-6,8-9,11,18,20-21,23,29,32H,7,10,12-14H2,1H3,(H,28,30,33)/t18-,20+,21+,23?/m1/s1. The minimum atomic E-state index is -1.15. The number of methoxy groups -OCH3 is 1. The number of anilines is 1. The number of halogens is 1. The molecule has 2 aliphatic rings. The molecule has 0 spiro atoms. The highest BCUT2D eigenvalue weighted by Crippen LogP contribution is 2.29. The second kappa shape index (κ2) is 10.1. The number of aliphatic hydroxyl groups is 1. The summed E-state index contributed by atoms with van der Waals surface area (Å²) >= 11 is 0. The van der Waals surface area contributed by atoms with E-state index >= 15 is 4.39 Å². The first-order chi connectivity index (χ1) is 17.0. The molecule has 1 unspecified atom stereocenters. The van der Waals surface area contributed by atoms with Gasteiger partial charge in [-0.3, -0.25) is 14.7 Å². The van der Waals surface area contributed by atoms with Crippen LogP contribution in [0.15, 0.2) is 48.8 Å². The molecular formula is C25H28FN5O4. The molecule has 184 valence electrons. The van der Waals surface area contributed by atoms with Gasteiger partial charge in [0.25, 0.3) is 5.91 Å². The number of ether oxygens (including phenoxy) is 2. The van der Waals surface area contributed by atoms with Gasteiger partial charge in [0, 0.05) is 43.5 Å². The molecule has 1 aromatic carbocycles. The van der Waals surface area contributed by atoms with E-state index in [0.29, 0.717) is 36.8 Å². The van der Waals surface area contributed by atoms with E-state index in [-0.39, 0.29) is 19.0 Å². The van der Waals surface area contributed by atoms with Crippen molar-refractivity contribution in [2.75, 3.05) is 38.6 Å². The van der Waals surface area contributed by atoms with Crippen LogP contribution in [0.3, 0.4) is 0 Å². The lowest BCUT2D eigenvalue weighted by atomic mass is 10.00. The smallest absolute Gasteiger partial charge is 0.268 e. The second-order valence-corrected chi connectivity index (χ2v) is 8.82. The highest BCUT2D eigenvalue weighted by molar-refractivity contribution is 5.96. The van der Waals surface area contributed by atoms with Gasteiger partial charge in [0.05, 0.1) is 18.7 Å². The number of amides is 1. The van der Waals surface area contributed by atoms with Crippen molar-refractivity contribution in [3.63, 3.8) is 0 Å². The van der Waals surface area contributed by atoms with Gasteiger partial charge in [-0.15, -0.1) is 0 Å². The van der Waals surface area contributed by atoms with Crippen LogP contribution in [0.5, 0.6) is 11.5 Å². The number of pyridine rings is 2. The normalized spacial score (nSPS) is 23.3. The van der Waals surface area contributed by atoms with Crippen molar-refractivity contribution < 1.29 is 23.8 Å². The van der Waals surface area contributed by atoms with E-state index in [1.807, 2.05) is 23.1 Å². The molecule has 1 amide bonds. The van der Waals surface area contributed by atoms with Crippen LogP contribution in [0.25, 0.3) is 10.9 Å². The number of benzene rings is 1. The van der Waals surface area contributed by atoms with E-state index < -0.39 is 24.4 Å². The third-order valence-corrected chi connectivity index (χ3v) is 6.54. The van der Waals surface area contributed by atoms with E-state index in [1.54, 1.807) is 37.7 Å². The Kier molecular flexibility index (Phi) is 6.76. The summed E-state index contributed by atoms with van der Waals surface area (Å²) in [6, 6.07) is 10.4. The molecule has 10 heteroatoms. The fourth-order valence-electron chi connectivity index (χ4n) is 4.65. The van der Waals surface area contributed by atoms with Crippen LogP contribution >= 0.6 is 0 Å². The molecule has 9 nitrogen and oxygen atoms in total. The molecule has 4 atom stereocenters. The Morgan fingerprint density at radius 2 is 2.20 bits per heavy atom. The average Bonchev–Trinajstić information content (AvgIpc) is 2.87. The number of hydrogen-bond acceptors (Lipinski definition) is 8. The summed E-state index contributed by atoms with van der Waals surface area (Å²) in [4.78, 5) is 22.6. The van der Waals surface area contributed by atoms with E-state index in [0.717, 1.165) is 16.5 Å². The number of alkyl halides is 1. The molecule has 2 aromatic heterocycles. The lowest BCUT2D eigenvalue weighted by molar-refractivity contribution is -0.123. The van der Waals surface area contributed by atoms with Crippen LogP contribution in [0.4, 0.5) is 10.2 Å². The molecule has 35 heavy (non-hydrogen) atoms. The first-order valence-electron chi connectivity index (χ1n) is 11.6. The number of carbonyl (C=O) groups excluding carboxylic acids is 1. The van der Waals surface area contributed by atoms with Gasteiger partial charge < -0.3 is 25.2 Å². The van der Waals surface area contributed by atoms with Crippen LogP contribution < -0.4 is 20.1 Å². The summed E-state index contributed by atoms with van der Waals surface area (Å²) in [5.74, 6) is 1.27. The van der Waals surface area contributed by atoms with Gasteiger partial charge in [0.1, 0.15) is 11.9 Å². The quantitative estimate of drug-likeness (QED) is 0.471. The van der Waals surface area contributed by atoms with Gasteiger partial charge in [0.2, 0.25) is 0 Å². The number of nitrogens with zero attached hydrogens (tertiary/aromatic N) is 3. The predicted octanol–water partition coefficient (Wildman–Crippen LogP) is 2.07. The minimum Gasteiger partial charge on any atom is -0.497 e. The van der Waals surface area contributed by atoms with Gasteiger partial charge in [-0.05, 0) is 54.9 Å². The number of rotatable bonds is 7. The van der Waals surface area contributed by atoms with Crippen LogP contribution in [0.2, 0.25) is 0 Å². The number of carbonyl (C=O) groups is 1. The summed E-state index contributed by atoms with van der Waals surface area (Å²) in [5.41, 5.74) is 1.50. The molecule has 2 aliphatic heterocycles. The number of hydrogen-bond donors (Lipinski definition) is 3. The molecule has 0 radical (unpaired) electrons. The summed E-state index contributed by atoms with van der Waals surface area (Å²) in [7, 11) is 1.59. The molecule has 4 heterocycles. The second-order valence-electron chi connectivity index (χ2n) is 8.82. The predicted molar refractivity (Wildman–Crippen MR) is 128 cm³/mol. The Morgan fingerprint density at radius 3 is 3.03 bits per heavy atom. The summed E-state index contributed by atoms with van der Waals surface area (Å²) in [6.45, 7) is 1.30. The number of piperidine rings is 1.